The van der Waals surface area contributed by atoms with E-state index in [0.717, 1.165) is 37.7 Å². The lowest BCUT2D eigenvalue weighted by Crippen LogP contribution is -2.32. The zero-order valence-electron chi connectivity index (χ0n) is 15.4. The van der Waals surface area contributed by atoms with Gasteiger partial charge >= 0.3 is 0 Å². The molecule has 1 fully saturated rings. The predicted octanol–water partition coefficient (Wildman–Crippen LogP) is 3.08. The van der Waals surface area contributed by atoms with Crippen LogP contribution in [0.3, 0.4) is 0 Å². The molecule has 1 aliphatic carbocycles. The van der Waals surface area contributed by atoms with Crippen LogP contribution in [0.15, 0.2) is 30.2 Å². The van der Waals surface area contributed by atoms with Gasteiger partial charge in [-0.05, 0) is 42.9 Å². The first-order valence-electron chi connectivity index (χ1n) is 9.24. The van der Waals surface area contributed by atoms with Crippen LogP contribution in [0.5, 0.6) is 11.5 Å². The van der Waals surface area contributed by atoms with Gasteiger partial charge in [-0.2, -0.15) is 5.10 Å². The number of nitrogens with zero attached hydrogens (tertiary/aromatic N) is 3. The van der Waals surface area contributed by atoms with Crippen LogP contribution in [0.4, 0.5) is 0 Å². The molecule has 0 atom stereocenters. The lowest BCUT2D eigenvalue weighted by molar-refractivity contribution is -0.0290. The number of aldehydes is 1. The van der Waals surface area contributed by atoms with Gasteiger partial charge in [0.25, 0.3) is 0 Å². The van der Waals surface area contributed by atoms with Gasteiger partial charge in [0.15, 0.2) is 17.8 Å². The van der Waals surface area contributed by atoms with Gasteiger partial charge in [0.1, 0.15) is 12.2 Å². The third kappa shape index (κ3) is 3.47. The van der Waals surface area contributed by atoms with Crippen molar-refractivity contribution in [2.24, 2.45) is 0 Å². The molecule has 2 aromatic rings. The second-order valence-corrected chi connectivity index (χ2v) is 6.80. The molecule has 0 aromatic carbocycles. The van der Waals surface area contributed by atoms with Crippen LogP contribution < -0.4 is 9.47 Å². The Morgan fingerprint density at radius 2 is 2.07 bits per heavy atom. The SMILES string of the molecule is COc1cncc(OCC2=C(c3ccnn3C3COC3)CCCC2)c1C=O. The van der Waals surface area contributed by atoms with Crippen LogP contribution in [-0.2, 0) is 4.74 Å². The van der Waals surface area contributed by atoms with Crippen molar-refractivity contribution in [2.45, 2.75) is 31.7 Å². The van der Waals surface area contributed by atoms with Gasteiger partial charge in [-0.3, -0.25) is 14.5 Å². The third-order valence-corrected chi connectivity index (χ3v) is 5.18. The van der Waals surface area contributed by atoms with Crippen molar-refractivity contribution in [3.8, 4) is 11.5 Å². The summed E-state index contributed by atoms with van der Waals surface area (Å²) < 4.78 is 18.6. The van der Waals surface area contributed by atoms with Gasteiger partial charge in [-0.15, -0.1) is 0 Å². The van der Waals surface area contributed by atoms with E-state index in [-0.39, 0.29) is 0 Å². The number of pyridine rings is 1. The average molecular weight is 369 g/mol. The molecule has 1 aliphatic heterocycles. The lowest BCUT2D eigenvalue weighted by Gasteiger charge is -2.29. The first-order chi connectivity index (χ1) is 13.3. The normalized spacial score (nSPS) is 17.5. The highest BCUT2D eigenvalue weighted by molar-refractivity contribution is 5.83. The van der Waals surface area contributed by atoms with Crippen molar-refractivity contribution >= 4 is 11.9 Å². The van der Waals surface area contributed by atoms with E-state index in [2.05, 4.69) is 20.8 Å². The van der Waals surface area contributed by atoms with Crippen molar-refractivity contribution < 1.29 is 19.0 Å². The summed E-state index contributed by atoms with van der Waals surface area (Å²) in [4.78, 5) is 15.5. The summed E-state index contributed by atoms with van der Waals surface area (Å²) in [6.07, 6.45) is 9.96. The van der Waals surface area contributed by atoms with Crippen molar-refractivity contribution in [1.82, 2.24) is 14.8 Å². The first-order valence-corrected chi connectivity index (χ1v) is 9.24. The second kappa shape index (κ2) is 7.92. The largest absolute Gasteiger partial charge is 0.494 e. The number of aromatic nitrogens is 3. The molecule has 2 aromatic heterocycles. The number of methoxy groups -OCH3 is 1. The van der Waals surface area contributed by atoms with Crippen molar-refractivity contribution in [3.63, 3.8) is 0 Å². The number of carbonyl (C=O) groups is 1. The Morgan fingerprint density at radius 1 is 1.26 bits per heavy atom. The summed E-state index contributed by atoms with van der Waals surface area (Å²) >= 11 is 0. The van der Waals surface area contributed by atoms with Crippen molar-refractivity contribution in [1.29, 1.82) is 0 Å². The smallest absolute Gasteiger partial charge is 0.157 e. The summed E-state index contributed by atoms with van der Waals surface area (Å²) in [7, 11) is 1.51. The maximum Gasteiger partial charge on any atom is 0.157 e. The van der Waals surface area contributed by atoms with E-state index in [9.17, 15) is 4.79 Å². The van der Waals surface area contributed by atoms with E-state index in [4.69, 9.17) is 14.2 Å². The predicted molar refractivity (Wildman–Crippen MR) is 99.1 cm³/mol. The number of allylic oxidation sites excluding steroid dienone is 1. The zero-order valence-corrected chi connectivity index (χ0v) is 15.4. The fourth-order valence-corrected chi connectivity index (χ4v) is 3.64. The summed E-state index contributed by atoms with van der Waals surface area (Å²) in [6, 6.07) is 2.39. The fourth-order valence-electron chi connectivity index (χ4n) is 3.64. The van der Waals surface area contributed by atoms with Crippen LogP contribution >= 0.6 is 0 Å². The number of hydrogen-bond donors (Lipinski definition) is 0. The van der Waals surface area contributed by atoms with E-state index in [1.165, 1.54) is 24.5 Å². The molecule has 7 heteroatoms. The highest BCUT2D eigenvalue weighted by Gasteiger charge is 2.26. The molecule has 3 heterocycles. The maximum absolute atomic E-state index is 11.4. The minimum atomic E-state index is 0.316. The van der Waals surface area contributed by atoms with E-state index in [0.29, 0.717) is 42.9 Å². The topological polar surface area (TPSA) is 75.5 Å². The summed E-state index contributed by atoms with van der Waals surface area (Å²) in [5.74, 6) is 0.867. The Kier molecular flexibility index (Phi) is 5.20. The molecule has 7 nitrogen and oxygen atoms in total. The van der Waals surface area contributed by atoms with Gasteiger partial charge in [0.2, 0.25) is 0 Å². The van der Waals surface area contributed by atoms with E-state index < -0.39 is 0 Å². The van der Waals surface area contributed by atoms with Crippen LogP contribution in [0.25, 0.3) is 5.57 Å². The number of rotatable bonds is 7. The molecule has 0 saturated carbocycles. The Labute approximate surface area is 157 Å². The molecule has 4 rings (SSSR count). The molecule has 0 amide bonds. The van der Waals surface area contributed by atoms with Gasteiger partial charge < -0.3 is 14.2 Å². The number of hydrogen-bond acceptors (Lipinski definition) is 6. The minimum Gasteiger partial charge on any atom is -0.494 e. The number of carbonyl (C=O) groups excluding carboxylic acids is 1. The summed E-state index contributed by atoms with van der Waals surface area (Å²) in [6.45, 7) is 1.86. The molecule has 1 saturated heterocycles. The molecule has 142 valence electrons. The molecule has 27 heavy (non-hydrogen) atoms. The summed E-state index contributed by atoms with van der Waals surface area (Å²) in [5.41, 5.74) is 4.10. The van der Waals surface area contributed by atoms with Gasteiger partial charge in [-0.1, -0.05) is 0 Å². The highest BCUT2D eigenvalue weighted by Crippen LogP contribution is 2.35. The van der Waals surface area contributed by atoms with Gasteiger partial charge in [0, 0.05) is 6.20 Å². The van der Waals surface area contributed by atoms with Crippen LogP contribution in [-0.4, -0.2) is 48.0 Å². The maximum atomic E-state index is 11.4. The number of ether oxygens (including phenoxy) is 3. The quantitative estimate of drug-likeness (QED) is 0.698. The standard InChI is InChI=1S/C20H23N3O4/c1-25-19-8-21-9-20(17(19)10-24)27-11-14-4-2-3-5-16(14)18-6-7-22-23(18)15-12-26-13-15/h6-10,15H,2-5,11-13H2,1H3. The Bertz CT molecular complexity index is 855. The fraction of sp³-hybridized carbons (Fsp3) is 0.450. The van der Waals surface area contributed by atoms with Gasteiger partial charge in [-0.25, -0.2) is 0 Å². The molecule has 0 spiro atoms. The first kappa shape index (κ1) is 17.7. The van der Waals surface area contributed by atoms with Crippen LogP contribution in [0.2, 0.25) is 0 Å². The molecule has 2 aliphatic rings. The average Bonchev–Trinajstić information content (AvgIpc) is 3.13. The lowest BCUT2D eigenvalue weighted by atomic mass is 9.90. The second-order valence-electron chi connectivity index (χ2n) is 6.80. The summed E-state index contributed by atoms with van der Waals surface area (Å²) in [5, 5.41) is 4.51. The Morgan fingerprint density at radius 3 is 2.81 bits per heavy atom. The Hall–Kier alpha value is -2.67. The molecule has 0 bridgehead atoms. The highest BCUT2D eigenvalue weighted by atomic mass is 16.5. The monoisotopic (exact) mass is 369 g/mol. The van der Waals surface area contributed by atoms with E-state index in [1.54, 1.807) is 6.20 Å². The Balaban J connectivity index is 1.60. The van der Waals surface area contributed by atoms with Crippen molar-refractivity contribution in [2.75, 3.05) is 26.9 Å². The molecule has 0 unspecified atom stereocenters. The van der Waals surface area contributed by atoms with Crippen molar-refractivity contribution in [3.05, 3.63) is 41.5 Å². The van der Waals surface area contributed by atoms with Gasteiger partial charge in [0.05, 0.1) is 44.5 Å². The third-order valence-electron chi connectivity index (χ3n) is 5.18. The zero-order chi connectivity index (χ0) is 18.6. The van der Waals surface area contributed by atoms with E-state index >= 15 is 0 Å². The van der Waals surface area contributed by atoms with Crippen LogP contribution in [0.1, 0.15) is 47.8 Å². The molecular formula is C20H23N3O4. The molecule has 0 N–H and O–H groups in total. The molecule has 0 radical (unpaired) electrons. The minimum absolute atomic E-state index is 0.316. The van der Waals surface area contributed by atoms with Crippen LogP contribution in [0, 0.1) is 0 Å². The van der Waals surface area contributed by atoms with E-state index in [1.807, 2.05) is 6.20 Å². The molecular weight excluding hydrogens is 346 g/mol.